The van der Waals surface area contributed by atoms with Gasteiger partial charge in [-0.25, -0.2) is 13.2 Å². The van der Waals surface area contributed by atoms with Gasteiger partial charge in [-0.1, -0.05) is 6.08 Å². The molecule has 0 amide bonds. The summed E-state index contributed by atoms with van der Waals surface area (Å²) in [4.78, 5) is 0. The number of hydrogen-bond donors (Lipinski definition) is 0. The lowest BCUT2D eigenvalue weighted by molar-refractivity contribution is 0.171. The van der Waals surface area contributed by atoms with E-state index in [9.17, 15) is 13.2 Å². The Labute approximate surface area is 136 Å². The highest BCUT2D eigenvalue weighted by molar-refractivity contribution is 5.23. The van der Waals surface area contributed by atoms with Gasteiger partial charge in [0.1, 0.15) is 0 Å². The zero-order chi connectivity index (χ0) is 16.4. The van der Waals surface area contributed by atoms with Crippen molar-refractivity contribution in [3.05, 3.63) is 47.8 Å². The van der Waals surface area contributed by atoms with E-state index in [1.165, 1.54) is 37.8 Å². The average Bonchev–Trinajstić information content (AvgIpc) is 2.59. The Hall–Kier alpha value is -1.25. The molecule has 2 saturated carbocycles. The summed E-state index contributed by atoms with van der Waals surface area (Å²) in [6, 6.07) is 2.36. The Kier molecular flexibility index (Phi) is 5.13. The van der Waals surface area contributed by atoms with Gasteiger partial charge in [-0.2, -0.15) is 0 Å². The monoisotopic (exact) mass is 322 g/mol. The van der Waals surface area contributed by atoms with Gasteiger partial charge in [-0.3, -0.25) is 0 Å². The lowest BCUT2D eigenvalue weighted by Crippen LogP contribution is -2.25. The van der Waals surface area contributed by atoms with Crippen LogP contribution in [-0.4, -0.2) is 0 Å². The van der Waals surface area contributed by atoms with Gasteiger partial charge in [0.05, 0.1) is 0 Å². The maximum absolute atomic E-state index is 13.4. The third-order valence-electron chi connectivity index (χ3n) is 6.07. The van der Waals surface area contributed by atoms with Gasteiger partial charge >= 0.3 is 0 Å². The van der Waals surface area contributed by atoms with Crippen molar-refractivity contribution in [2.24, 2.45) is 17.8 Å². The van der Waals surface area contributed by atoms with Crippen LogP contribution in [0.15, 0.2) is 24.8 Å². The quantitative estimate of drug-likeness (QED) is 0.448. The van der Waals surface area contributed by atoms with Crippen LogP contribution >= 0.6 is 0 Å². The number of allylic oxidation sites excluding steroid dienone is 1. The molecule has 0 atom stereocenters. The highest BCUT2D eigenvalue weighted by Crippen LogP contribution is 2.44. The topological polar surface area (TPSA) is 0 Å². The summed E-state index contributed by atoms with van der Waals surface area (Å²) in [6.07, 6.45) is 11.3. The molecule has 23 heavy (non-hydrogen) atoms. The molecular formula is C20H25F3. The van der Waals surface area contributed by atoms with Gasteiger partial charge < -0.3 is 0 Å². The first-order valence-electron chi connectivity index (χ1n) is 8.85. The van der Waals surface area contributed by atoms with E-state index in [2.05, 4.69) is 12.7 Å². The van der Waals surface area contributed by atoms with Crippen LogP contribution in [0.4, 0.5) is 13.2 Å². The Balaban J connectivity index is 1.57. The average molecular weight is 322 g/mol. The molecule has 0 heterocycles. The Morgan fingerprint density at radius 3 is 1.74 bits per heavy atom. The maximum atomic E-state index is 13.4. The second-order valence-electron chi connectivity index (χ2n) is 7.32. The summed E-state index contributed by atoms with van der Waals surface area (Å²) >= 11 is 0. The van der Waals surface area contributed by atoms with E-state index in [1.807, 2.05) is 0 Å². The van der Waals surface area contributed by atoms with Crippen molar-refractivity contribution in [1.29, 1.82) is 0 Å². The van der Waals surface area contributed by atoms with Crippen LogP contribution in [0.25, 0.3) is 0 Å². The van der Waals surface area contributed by atoms with Crippen molar-refractivity contribution in [3.63, 3.8) is 0 Å². The predicted molar refractivity (Wildman–Crippen MR) is 86.7 cm³/mol. The molecule has 2 fully saturated rings. The summed E-state index contributed by atoms with van der Waals surface area (Å²) in [7, 11) is 0. The van der Waals surface area contributed by atoms with Crippen molar-refractivity contribution < 1.29 is 13.2 Å². The first-order valence-corrected chi connectivity index (χ1v) is 8.85. The predicted octanol–water partition coefficient (Wildman–Crippen LogP) is 6.37. The highest BCUT2D eigenvalue weighted by Gasteiger charge is 2.31. The smallest absolute Gasteiger partial charge is 0.194 e. The fourth-order valence-electron chi connectivity index (χ4n) is 4.59. The zero-order valence-corrected chi connectivity index (χ0v) is 13.5. The molecule has 0 radical (unpaired) electrons. The minimum Gasteiger partial charge on any atom is -0.204 e. The van der Waals surface area contributed by atoms with Crippen LogP contribution < -0.4 is 0 Å². The van der Waals surface area contributed by atoms with Crippen molar-refractivity contribution in [3.8, 4) is 0 Å². The fraction of sp³-hybridized carbons (Fsp3) is 0.600. The lowest BCUT2D eigenvalue weighted by Gasteiger charge is -2.37. The lowest BCUT2D eigenvalue weighted by atomic mass is 9.68. The van der Waals surface area contributed by atoms with Gasteiger partial charge in [-0.15, -0.1) is 6.58 Å². The number of halogens is 3. The Morgan fingerprint density at radius 2 is 1.26 bits per heavy atom. The Morgan fingerprint density at radius 1 is 0.783 bits per heavy atom. The molecule has 0 bridgehead atoms. The third kappa shape index (κ3) is 3.64. The first kappa shape index (κ1) is 16.6. The molecule has 1 aromatic carbocycles. The van der Waals surface area contributed by atoms with E-state index in [4.69, 9.17) is 0 Å². The second-order valence-corrected chi connectivity index (χ2v) is 7.32. The van der Waals surface area contributed by atoms with E-state index in [0.29, 0.717) is 11.5 Å². The minimum absolute atomic E-state index is 0.167. The van der Waals surface area contributed by atoms with E-state index in [-0.39, 0.29) is 5.92 Å². The van der Waals surface area contributed by atoms with E-state index in [1.54, 1.807) is 0 Å². The standard InChI is InChI=1S/C20H25F3/c1-2-13-3-5-14(6-4-13)15-7-9-16(10-8-15)17-11-18(21)20(23)19(22)12-17/h2,11-16H,1,3-10H2/t13-,14-,15-,16-. The molecule has 0 N–H and O–H groups in total. The van der Waals surface area contributed by atoms with Crippen molar-refractivity contribution in [2.45, 2.75) is 57.3 Å². The molecule has 3 heteroatoms. The van der Waals surface area contributed by atoms with Gasteiger partial charge in [0, 0.05) is 0 Å². The third-order valence-corrected chi connectivity index (χ3v) is 6.07. The second kappa shape index (κ2) is 7.11. The molecule has 2 aliphatic rings. The van der Waals surface area contributed by atoms with Crippen LogP contribution in [-0.2, 0) is 0 Å². The van der Waals surface area contributed by atoms with Crippen molar-refractivity contribution in [2.75, 3.05) is 0 Å². The molecule has 0 aliphatic heterocycles. The summed E-state index contributed by atoms with van der Waals surface area (Å²) in [6.45, 7) is 3.90. The number of benzene rings is 1. The molecule has 126 valence electrons. The minimum atomic E-state index is -1.36. The SMILES string of the molecule is C=C[C@H]1CC[C@H]([C@H]2CC[C@H](c3cc(F)c(F)c(F)c3)CC2)CC1. The van der Waals surface area contributed by atoms with Crippen LogP contribution in [0.5, 0.6) is 0 Å². The van der Waals surface area contributed by atoms with Crippen LogP contribution in [0.2, 0.25) is 0 Å². The molecule has 0 spiro atoms. The summed E-state index contributed by atoms with van der Waals surface area (Å²) in [5, 5.41) is 0. The molecule has 0 unspecified atom stereocenters. The van der Waals surface area contributed by atoms with Crippen LogP contribution in [0.3, 0.4) is 0 Å². The fourth-order valence-corrected chi connectivity index (χ4v) is 4.59. The van der Waals surface area contributed by atoms with Crippen molar-refractivity contribution in [1.82, 2.24) is 0 Å². The molecule has 2 aliphatic carbocycles. The largest absolute Gasteiger partial charge is 0.204 e. The highest BCUT2D eigenvalue weighted by atomic mass is 19.2. The number of hydrogen-bond acceptors (Lipinski definition) is 0. The zero-order valence-electron chi connectivity index (χ0n) is 13.5. The number of rotatable bonds is 3. The molecule has 3 rings (SSSR count). The molecule has 1 aromatic rings. The molecule has 0 saturated heterocycles. The summed E-state index contributed by atoms with van der Waals surface area (Å²) in [5.41, 5.74) is 0.621. The molecular weight excluding hydrogens is 297 g/mol. The van der Waals surface area contributed by atoms with Crippen LogP contribution in [0.1, 0.15) is 62.8 Å². The van der Waals surface area contributed by atoms with Gasteiger partial charge in [-0.05, 0) is 92.7 Å². The van der Waals surface area contributed by atoms with E-state index < -0.39 is 17.5 Å². The van der Waals surface area contributed by atoms with E-state index in [0.717, 1.165) is 37.5 Å². The van der Waals surface area contributed by atoms with Gasteiger partial charge in [0.15, 0.2) is 17.5 Å². The van der Waals surface area contributed by atoms with Gasteiger partial charge in [0.25, 0.3) is 0 Å². The van der Waals surface area contributed by atoms with Gasteiger partial charge in [0.2, 0.25) is 0 Å². The molecule has 0 nitrogen and oxygen atoms in total. The maximum Gasteiger partial charge on any atom is 0.194 e. The normalized spacial score (nSPS) is 31.8. The summed E-state index contributed by atoms with van der Waals surface area (Å²) in [5.74, 6) is -1.09. The van der Waals surface area contributed by atoms with E-state index >= 15 is 0 Å². The Bertz CT molecular complexity index is 527. The first-order chi connectivity index (χ1) is 11.1. The van der Waals surface area contributed by atoms with Crippen LogP contribution in [0, 0.1) is 35.2 Å². The van der Waals surface area contributed by atoms with Crippen molar-refractivity contribution >= 4 is 0 Å². The summed E-state index contributed by atoms with van der Waals surface area (Å²) < 4.78 is 39.9. The molecule has 0 aromatic heterocycles.